The molecule has 15 heavy (non-hydrogen) atoms. The number of halogens is 2. The quantitative estimate of drug-likeness (QED) is 0.678. The summed E-state index contributed by atoms with van der Waals surface area (Å²) >= 11 is -1.80. The van der Waals surface area contributed by atoms with E-state index in [1.807, 2.05) is 6.07 Å². The van der Waals surface area contributed by atoms with Crippen LogP contribution < -0.4 is 0 Å². The van der Waals surface area contributed by atoms with E-state index in [0.717, 1.165) is 0 Å². The Morgan fingerprint density at radius 2 is 1.67 bits per heavy atom. The van der Waals surface area contributed by atoms with Crippen molar-refractivity contribution in [3.8, 4) is 0 Å². The van der Waals surface area contributed by atoms with E-state index in [9.17, 15) is 0 Å². The molecule has 0 amide bonds. The second-order valence-electron chi connectivity index (χ2n) is 3.82. The van der Waals surface area contributed by atoms with E-state index in [2.05, 4.69) is 38.1 Å². The summed E-state index contributed by atoms with van der Waals surface area (Å²) in [5.41, 5.74) is 3.91. The Hall–Kier alpha value is 0.0334. The monoisotopic (exact) mass is 328 g/mol. The van der Waals surface area contributed by atoms with Crippen molar-refractivity contribution in [3.05, 3.63) is 41.5 Å². The Kier molecular flexibility index (Phi) is 3.45. The summed E-state index contributed by atoms with van der Waals surface area (Å²) in [4.78, 5) is 0. The third-order valence-electron chi connectivity index (χ3n) is 2.53. The zero-order valence-corrected chi connectivity index (χ0v) is 11.8. The molecule has 0 nitrogen and oxygen atoms in total. The van der Waals surface area contributed by atoms with Crippen molar-refractivity contribution in [2.75, 3.05) is 0 Å². The minimum absolute atomic E-state index is 0.519. The van der Waals surface area contributed by atoms with Crippen molar-refractivity contribution in [2.24, 2.45) is 5.92 Å². The number of benzene rings is 1. The van der Waals surface area contributed by atoms with Gasteiger partial charge >= 0.3 is 104 Å². The molecule has 1 aliphatic rings. The molecule has 0 fully saturated rings. The molecule has 0 unspecified atom stereocenters. The average molecular weight is 328 g/mol. The molecule has 1 aliphatic carbocycles. The summed E-state index contributed by atoms with van der Waals surface area (Å²) in [6, 6.07) is 8.38. The van der Waals surface area contributed by atoms with Crippen molar-refractivity contribution < 1.29 is 13.5 Å². The van der Waals surface area contributed by atoms with Gasteiger partial charge in [-0.2, -0.15) is 0 Å². The van der Waals surface area contributed by atoms with E-state index in [4.69, 9.17) is 19.4 Å². The molecule has 0 N–H and O–H groups in total. The zero-order chi connectivity index (χ0) is 11.0. The molecular formula is C12H12Cl2Ru. The fourth-order valence-corrected chi connectivity index (χ4v) is 4.32. The predicted molar refractivity (Wildman–Crippen MR) is 65.1 cm³/mol. The summed E-state index contributed by atoms with van der Waals surface area (Å²) < 4.78 is 1.17. The fourth-order valence-electron chi connectivity index (χ4n) is 1.81. The molecule has 0 saturated heterocycles. The first-order valence-electron chi connectivity index (χ1n) is 4.79. The number of hydrogen-bond acceptors (Lipinski definition) is 0. The molecule has 0 heterocycles. The predicted octanol–water partition coefficient (Wildman–Crippen LogP) is 4.19. The van der Waals surface area contributed by atoms with Crippen LogP contribution in [0.25, 0.3) is 5.57 Å². The maximum absolute atomic E-state index is 6.11. The van der Waals surface area contributed by atoms with Crippen LogP contribution in [0, 0.1) is 5.92 Å². The number of fused-ring (bicyclic) bond motifs is 1. The first-order chi connectivity index (χ1) is 7.11. The Balaban J connectivity index is 2.65. The van der Waals surface area contributed by atoms with Crippen LogP contribution in [0.2, 0.25) is 0 Å². The van der Waals surface area contributed by atoms with Gasteiger partial charge in [0.1, 0.15) is 0 Å². The minimum atomic E-state index is -1.80. The van der Waals surface area contributed by atoms with Gasteiger partial charge in [0.25, 0.3) is 0 Å². The molecule has 0 bridgehead atoms. The van der Waals surface area contributed by atoms with Crippen LogP contribution in [0.3, 0.4) is 0 Å². The summed E-state index contributed by atoms with van der Waals surface area (Å²) in [5, 5.41) is 0. The summed E-state index contributed by atoms with van der Waals surface area (Å²) in [6.45, 7) is 4.40. The molecule has 3 heteroatoms. The van der Waals surface area contributed by atoms with Gasteiger partial charge in [-0.15, -0.1) is 0 Å². The Labute approximate surface area is 103 Å². The fraction of sp³-hybridized carbons (Fsp3) is 0.250. The van der Waals surface area contributed by atoms with Crippen molar-refractivity contribution >= 4 is 29.1 Å². The van der Waals surface area contributed by atoms with Gasteiger partial charge in [-0.3, -0.25) is 0 Å². The van der Waals surface area contributed by atoms with Crippen LogP contribution in [0.5, 0.6) is 0 Å². The summed E-state index contributed by atoms with van der Waals surface area (Å²) in [5.74, 6) is 0.519. The molecule has 0 spiro atoms. The van der Waals surface area contributed by atoms with E-state index >= 15 is 0 Å². The first-order valence-corrected chi connectivity index (χ1v) is 10.1. The second kappa shape index (κ2) is 4.49. The summed E-state index contributed by atoms with van der Waals surface area (Å²) in [7, 11) is 12.2. The van der Waals surface area contributed by atoms with E-state index in [1.54, 1.807) is 0 Å². The molecule has 82 valence electrons. The topological polar surface area (TPSA) is 0 Å². The Morgan fingerprint density at radius 1 is 1.07 bits per heavy atom. The van der Waals surface area contributed by atoms with E-state index in [1.165, 1.54) is 20.8 Å². The number of hydrogen-bond donors (Lipinski definition) is 0. The summed E-state index contributed by atoms with van der Waals surface area (Å²) in [6.07, 6.45) is 2.19. The van der Waals surface area contributed by atoms with Crippen molar-refractivity contribution in [1.29, 1.82) is 0 Å². The molecule has 0 radical (unpaired) electrons. The zero-order valence-electron chi connectivity index (χ0n) is 8.57. The second-order valence-corrected chi connectivity index (χ2v) is 9.63. The maximum atomic E-state index is 6.11. The van der Waals surface area contributed by atoms with Crippen LogP contribution in [0.4, 0.5) is 0 Å². The number of rotatable bonds is 1. The van der Waals surface area contributed by atoms with Gasteiger partial charge in [0, 0.05) is 0 Å². The van der Waals surface area contributed by atoms with Crippen LogP contribution in [-0.4, -0.2) is 4.11 Å². The van der Waals surface area contributed by atoms with Gasteiger partial charge in [0.15, 0.2) is 0 Å². The average Bonchev–Trinajstić information content (AvgIpc) is 2.56. The molecule has 0 atom stereocenters. The van der Waals surface area contributed by atoms with Gasteiger partial charge < -0.3 is 0 Å². The Morgan fingerprint density at radius 3 is 2.20 bits per heavy atom. The van der Waals surface area contributed by atoms with Crippen LogP contribution in [0.1, 0.15) is 25.0 Å². The standard InChI is InChI=1S/C12H12.2ClH.Ru/c1-9(2)11-8-7-10-5-3-4-6-12(10)11;;;/h3-6,8-9H,1-2H3;2*1H;/q;;;+2/p-2. The molecule has 0 saturated carbocycles. The van der Waals surface area contributed by atoms with E-state index < -0.39 is 13.5 Å². The van der Waals surface area contributed by atoms with Gasteiger partial charge in [0.2, 0.25) is 0 Å². The van der Waals surface area contributed by atoms with Crippen LogP contribution in [0.15, 0.2) is 30.3 Å². The first kappa shape index (κ1) is 11.5. The van der Waals surface area contributed by atoms with Gasteiger partial charge in [-0.05, 0) is 0 Å². The van der Waals surface area contributed by atoms with Crippen molar-refractivity contribution in [3.63, 3.8) is 0 Å². The molecular weight excluding hydrogens is 316 g/mol. The van der Waals surface area contributed by atoms with Crippen LogP contribution >= 0.6 is 19.4 Å². The van der Waals surface area contributed by atoms with Gasteiger partial charge in [0.05, 0.1) is 0 Å². The van der Waals surface area contributed by atoms with Gasteiger partial charge in [-0.1, -0.05) is 0 Å². The number of allylic oxidation sites excluding steroid dienone is 2. The third-order valence-corrected chi connectivity index (χ3v) is 5.66. The van der Waals surface area contributed by atoms with E-state index in [0.29, 0.717) is 5.92 Å². The molecule has 0 aromatic heterocycles. The molecule has 0 aliphatic heterocycles. The Bertz CT molecular complexity index is 454. The van der Waals surface area contributed by atoms with Crippen molar-refractivity contribution in [2.45, 2.75) is 13.8 Å². The third kappa shape index (κ3) is 2.11. The molecule has 1 aromatic carbocycles. The normalized spacial score (nSPS) is 15.4. The van der Waals surface area contributed by atoms with E-state index in [-0.39, 0.29) is 0 Å². The molecule has 1 aromatic rings. The van der Waals surface area contributed by atoms with Gasteiger partial charge in [-0.25, -0.2) is 0 Å². The SMILES string of the molecule is CC(C)C1=C[C](=[Ru]([Cl])[Cl])c2ccccc21. The molecule has 2 rings (SSSR count). The van der Waals surface area contributed by atoms with Crippen LogP contribution in [-0.2, 0) is 13.5 Å². The van der Waals surface area contributed by atoms with Crippen molar-refractivity contribution in [1.82, 2.24) is 0 Å².